The number of halogens is 1. The highest BCUT2D eigenvalue weighted by Gasteiger charge is 2.40. The number of ether oxygens (including phenoxy) is 1. The second kappa shape index (κ2) is 6.83. The van der Waals surface area contributed by atoms with Crippen molar-refractivity contribution in [3.05, 3.63) is 65.5 Å². The number of methoxy groups -OCH3 is 1. The van der Waals surface area contributed by atoms with E-state index in [1.807, 2.05) is 6.92 Å². The Balaban J connectivity index is 1.60. The maximum Gasteiger partial charge on any atom is 0.365 e. The molecule has 1 aliphatic carbocycles. The number of carbonyl (C=O) groups excluding carboxylic acids is 1. The topological polar surface area (TPSA) is 47.9 Å². The molecular weight excluding hydrogens is 309 g/mol. The maximum absolute atomic E-state index is 13.0. The Hall–Kier alpha value is -2.69. The van der Waals surface area contributed by atoms with Crippen LogP contribution < -0.4 is 4.74 Å². The molecule has 4 nitrogen and oxygen atoms in total. The average molecular weight is 327 g/mol. The van der Waals surface area contributed by atoms with Crippen LogP contribution in [0.4, 0.5) is 4.39 Å². The van der Waals surface area contributed by atoms with Crippen molar-refractivity contribution in [1.29, 1.82) is 0 Å². The highest BCUT2D eigenvalue weighted by Crippen LogP contribution is 2.48. The summed E-state index contributed by atoms with van der Waals surface area (Å²) in [6.45, 7) is 1.84. The van der Waals surface area contributed by atoms with Crippen molar-refractivity contribution in [3.8, 4) is 5.75 Å². The highest BCUT2D eigenvalue weighted by molar-refractivity contribution is 5.92. The molecule has 1 fully saturated rings. The molecule has 0 radical (unpaired) electrons. The van der Waals surface area contributed by atoms with Crippen LogP contribution in [0.1, 0.15) is 35.2 Å². The monoisotopic (exact) mass is 327 g/mol. The number of oxime groups is 1. The normalized spacial score (nSPS) is 19.7. The lowest BCUT2D eigenvalue weighted by Crippen LogP contribution is -2.05. The van der Waals surface area contributed by atoms with Crippen molar-refractivity contribution in [1.82, 2.24) is 0 Å². The van der Waals surface area contributed by atoms with Crippen molar-refractivity contribution >= 4 is 11.7 Å². The number of carbonyl (C=O) groups is 1. The lowest BCUT2D eigenvalue weighted by molar-refractivity contribution is 0.0514. The van der Waals surface area contributed by atoms with Gasteiger partial charge in [-0.05, 0) is 55.2 Å². The molecule has 2 aromatic carbocycles. The van der Waals surface area contributed by atoms with Crippen LogP contribution in [0.2, 0.25) is 0 Å². The number of benzene rings is 2. The summed E-state index contributed by atoms with van der Waals surface area (Å²) in [5, 5.41) is 3.96. The smallest absolute Gasteiger partial charge is 0.365 e. The minimum atomic E-state index is -0.521. The van der Waals surface area contributed by atoms with Gasteiger partial charge in [0, 0.05) is 5.92 Å². The molecule has 0 N–H and O–H groups in total. The molecular formula is C19H18FNO3. The van der Waals surface area contributed by atoms with Gasteiger partial charge in [-0.2, -0.15) is 0 Å². The van der Waals surface area contributed by atoms with E-state index < -0.39 is 5.97 Å². The van der Waals surface area contributed by atoms with Crippen molar-refractivity contribution in [2.45, 2.75) is 19.3 Å². The van der Waals surface area contributed by atoms with Crippen LogP contribution in [-0.2, 0) is 4.84 Å². The lowest BCUT2D eigenvalue weighted by Gasteiger charge is -2.03. The molecule has 2 atom stereocenters. The van der Waals surface area contributed by atoms with E-state index in [0.29, 0.717) is 17.2 Å². The van der Waals surface area contributed by atoms with E-state index in [4.69, 9.17) is 9.57 Å². The predicted molar refractivity (Wildman–Crippen MR) is 88.8 cm³/mol. The van der Waals surface area contributed by atoms with E-state index >= 15 is 0 Å². The van der Waals surface area contributed by atoms with Crippen LogP contribution in [0.15, 0.2) is 53.7 Å². The van der Waals surface area contributed by atoms with Crippen LogP contribution in [0.3, 0.4) is 0 Å². The molecule has 0 aliphatic heterocycles. The van der Waals surface area contributed by atoms with Gasteiger partial charge in [-0.15, -0.1) is 0 Å². The fourth-order valence-electron chi connectivity index (χ4n) is 2.72. The molecule has 0 aromatic heterocycles. The van der Waals surface area contributed by atoms with Crippen molar-refractivity contribution in [2.75, 3.05) is 7.11 Å². The maximum atomic E-state index is 13.0. The Bertz CT molecular complexity index is 770. The molecule has 2 aromatic rings. The minimum absolute atomic E-state index is 0.230. The Labute approximate surface area is 139 Å². The van der Waals surface area contributed by atoms with Gasteiger partial charge in [0.1, 0.15) is 11.6 Å². The van der Waals surface area contributed by atoms with Gasteiger partial charge in [-0.3, -0.25) is 0 Å². The van der Waals surface area contributed by atoms with Crippen LogP contribution in [0.25, 0.3) is 0 Å². The Kier molecular flexibility index (Phi) is 4.60. The first-order valence-corrected chi connectivity index (χ1v) is 7.74. The minimum Gasteiger partial charge on any atom is -0.497 e. The summed E-state index contributed by atoms with van der Waals surface area (Å²) in [5.74, 6) is 0.364. The standard InChI is InChI=1S/C19H18FNO3/c1-12(17-11-18(17)13-6-8-15(20)9-7-13)21-24-19(22)14-4-3-5-16(10-14)23-2/h3-10,17-18H,11H2,1-2H3/b21-12-/t17-,18-/m1/s1. The molecule has 1 aliphatic rings. The molecule has 124 valence electrons. The van der Waals surface area contributed by atoms with Gasteiger partial charge >= 0.3 is 5.97 Å². The van der Waals surface area contributed by atoms with E-state index in [1.165, 1.54) is 19.2 Å². The van der Waals surface area contributed by atoms with Crippen LogP contribution in [-0.4, -0.2) is 18.8 Å². The van der Waals surface area contributed by atoms with Gasteiger partial charge in [0.05, 0.1) is 18.4 Å². The molecule has 24 heavy (non-hydrogen) atoms. The SMILES string of the molecule is COc1cccc(C(=O)O/N=C(/C)[C@H]2C[C@@H]2c2ccc(F)cc2)c1. The van der Waals surface area contributed by atoms with Gasteiger partial charge in [0.25, 0.3) is 0 Å². The molecule has 0 bridgehead atoms. The molecule has 5 heteroatoms. The summed E-state index contributed by atoms with van der Waals surface area (Å²) in [4.78, 5) is 17.1. The fourth-order valence-corrected chi connectivity index (χ4v) is 2.72. The highest BCUT2D eigenvalue weighted by atomic mass is 19.1. The molecule has 0 spiro atoms. The van der Waals surface area contributed by atoms with Crippen molar-refractivity contribution in [3.63, 3.8) is 0 Å². The summed E-state index contributed by atoms with van der Waals surface area (Å²) in [6.07, 6.45) is 0.928. The van der Waals surface area contributed by atoms with Gasteiger partial charge in [-0.1, -0.05) is 23.4 Å². The first-order valence-electron chi connectivity index (χ1n) is 7.74. The zero-order valence-electron chi connectivity index (χ0n) is 13.5. The number of hydrogen-bond donors (Lipinski definition) is 0. The first-order chi connectivity index (χ1) is 11.6. The third kappa shape index (κ3) is 3.62. The predicted octanol–water partition coefficient (Wildman–Crippen LogP) is 4.17. The van der Waals surface area contributed by atoms with Crippen LogP contribution in [0, 0.1) is 11.7 Å². The van der Waals surface area contributed by atoms with E-state index in [1.54, 1.807) is 36.4 Å². The lowest BCUT2D eigenvalue weighted by atomic mass is 10.1. The summed E-state index contributed by atoms with van der Waals surface area (Å²) in [7, 11) is 1.54. The summed E-state index contributed by atoms with van der Waals surface area (Å²) in [5.41, 5.74) is 2.23. The average Bonchev–Trinajstić information content (AvgIpc) is 3.41. The fraction of sp³-hybridized carbons (Fsp3) is 0.263. The van der Waals surface area contributed by atoms with Gasteiger partial charge in [0.2, 0.25) is 0 Å². The number of nitrogens with zero attached hydrogens (tertiary/aromatic N) is 1. The molecule has 0 unspecified atom stereocenters. The molecule has 1 saturated carbocycles. The van der Waals surface area contributed by atoms with Crippen molar-refractivity contribution < 1.29 is 18.8 Å². The Morgan fingerprint density at radius 2 is 1.96 bits per heavy atom. The number of rotatable bonds is 5. The van der Waals surface area contributed by atoms with E-state index in [0.717, 1.165) is 17.7 Å². The molecule has 0 heterocycles. The van der Waals surface area contributed by atoms with Gasteiger partial charge in [-0.25, -0.2) is 9.18 Å². The second-order valence-electron chi connectivity index (χ2n) is 5.84. The summed E-state index contributed by atoms with van der Waals surface area (Å²) >= 11 is 0. The first kappa shape index (κ1) is 16.2. The largest absolute Gasteiger partial charge is 0.497 e. The van der Waals surface area contributed by atoms with Gasteiger partial charge in [0.15, 0.2) is 0 Å². The quantitative estimate of drug-likeness (QED) is 0.470. The molecule has 0 saturated heterocycles. The van der Waals surface area contributed by atoms with Crippen LogP contribution in [0.5, 0.6) is 5.75 Å². The third-order valence-corrected chi connectivity index (χ3v) is 4.20. The van der Waals surface area contributed by atoms with Crippen LogP contribution >= 0.6 is 0 Å². The van der Waals surface area contributed by atoms with E-state index in [9.17, 15) is 9.18 Å². The molecule has 3 rings (SSSR count). The summed E-state index contributed by atoms with van der Waals surface area (Å²) in [6, 6.07) is 13.2. The van der Waals surface area contributed by atoms with E-state index in [-0.39, 0.29) is 11.7 Å². The van der Waals surface area contributed by atoms with Crippen molar-refractivity contribution in [2.24, 2.45) is 11.1 Å². The molecule has 0 amide bonds. The summed E-state index contributed by atoms with van der Waals surface area (Å²) < 4.78 is 18.0. The Morgan fingerprint density at radius 1 is 1.21 bits per heavy atom. The number of hydrogen-bond acceptors (Lipinski definition) is 4. The third-order valence-electron chi connectivity index (χ3n) is 4.20. The van der Waals surface area contributed by atoms with E-state index in [2.05, 4.69) is 5.16 Å². The van der Waals surface area contributed by atoms with Gasteiger partial charge < -0.3 is 9.57 Å². The Morgan fingerprint density at radius 3 is 2.67 bits per heavy atom. The second-order valence-corrected chi connectivity index (χ2v) is 5.84. The zero-order chi connectivity index (χ0) is 17.1. The zero-order valence-corrected chi connectivity index (χ0v) is 13.5.